The Labute approximate surface area is 224 Å². The quantitative estimate of drug-likeness (QED) is 0.383. The summed E-state index contributed by atoms with van der Waals surface area (Å²) in [6.07, 6.45) is -3.66. The van der Waals surface area contributed by atoms with E-state index >= 15 is 0 Å². The highest BCUT2D eigenvalue weighted by atomic mass is 19.4. The zero-order valence-electron chi connectivity index (χ0n) is 21.4. The molecule has 5 rings (SSSR count). The fourth-order valence-electron chi connectivity index (χ4n) is 5.40. The van der Waals surface area contributed by atoms with Crippen molar-refractivity contribution in [3.8, 4) is 5.75 Å². The molecule has 2 N–H and O–H groups in total. The molecule has 8 heteroatoms. The maximum absolute atomic E-state index is 13.7. The predicted molar refractivity (Wildman–Crippen MR) is 142 cm³/mol. The summed E-state index contributed by atoms with van der Waals surface area (Å²) < 4.78 is 45.1. The molecule has 1 aliphatic carbocycles. The number of carbonyl (C=O) groups is 2. The number of nitrogens with one attached hydrogen (secondary N) is 2. The monoisotopic (exact) mass is 532 g/mol. The van der Waals surface area contributed by atoms with Gasteiger partial charge >= 0.3 is 6.18 Å². The summed E-state index contributed by atoms with van der Waals surface area (Å²) >= 11 is 0. The van der Waals surface area contributed by atoms with Crippen molar-refractivity contribution >= 4 is 17.4 Å². The fourth-order valence-corrected chi connectivity index (χ4v) is 5.40. The third kappa shape index (κ3) is 5.32. The first kappa shape index (κ1) is 26.3. The molecular formula is C31H27F3N2O3. The van der Waals surface area contributed by atoms with Gasteiger partial charge in [0.25, 0.3) is 5.91 Å². The Morgan fingerprint density at radius 2 is 1.67 bits per heavy atom. The number of carbonyl (C=O) groups excluding carboxylic acids is 2. The number of methoxy groups -OCH3 is 1. The van der Waals surface area contributed by atoms with E-state index in [0.29, 0.717) is 35.4 Å². The number of hydrogen-bond acceptors (Lipinski definition) is 4. The lowest BCUT2D eigenvalue weighted by molar-refractivity contribution is -0.137. The SMILES string of the molecule is COc1ccc([C@H]2C(C(=O)Nc3cccc(C(F)(F)F)c3)=C(C)NC3=C2C(=O)C[C@@H](c2ccccc2)C3)cc1. The Bertz CT molecular complexity index is 1470. The van der Waals surface area contributed by atoms with Gasteiger partial charge in [-0.2, -0.15) is 13.2 Å². The Morgan fingerprint density at radius 3 is 2.33 bits per heavy atom. The van der Waals surface area contributed by atoms with Crippen molar-refractivity contribution in [1.82, 2.24) is 5.32 Å². The van der Waals surface area contributed by atoms with E-state index in [1.165, 1.54) is 12.1 Å². The standard InChI is InChI=1S/C31H27F3N2O3/c1-18-27(30(38)36-23-10-6-9-22(17-23)31(32,33)34)28(20-11-13-24(39-2)14-12-20)29-25(35-18)15-21(16-26(29)37)19-7-4-3-5-8-19/h3-14,17,21,28,35H,15-16H2,1-2H3,(H,36,38)/t21-,28-/m0/s1. The molecular weight excluding hydrogens is 505 g/mol. The summed E-state index contributed by atoms with van der Waals surface area (Å²) in [5.41, 5.74) is 3.02. The van der Waals surface area contributed by atoms with Crippen molar-refractivity contribution < 1.29 is 27.5 Å². The second-order valence-corrected chi connectivity index (χ2v) is 9.73. The van der Waals surface area contributed by atoms with Gasteiger partial charge in [0.15, 0.2) is 5.78 Å². The molecule has 1 heterocycles. The van der Waals surface area contributed by atoms with Crippen LogP contribution in [0.5, 0.6) is 5.75 Å². The highest BCUT2D eigenvalue weighted by Crippen LogP contribution is 2.46. The number of benzene rings is 3. The average Bonchev–Trinajstić information content (AvgIpc) is 2.92. The molecule has 0 radical (unpaired) electrons. The summed E-state index contributed by atoms with van der Waals surface area (Å²) in [5.74, 6) is -0.728. The van der Waals surface area contributed by atoms with Crippen molar-refractivity contribution in [2.24, 2.45) is 0 Å². The van der Waals surface area contributed by atoms with Crippen LogP contribution in [0.1, 0.15) is 48.3 Å². The van der Waals surface area contributed by atoms with Gasteiger partial charge in [0.1, 0.15) is 5.75 Å². The van der Waals surface area contributed by atoms with Crippen LogP contribution in [0.15, 0.2) is 101 Å². The van der Waals surface area contributed by atoms with Crippen LogP contribution in [0.25, 0.3) is 0 Å². The number of hydrogen-bond donors (Lipinski definition) is 2. The molecule has 0 spiro atoms. The molecule has 0 bridgehead atoms. The minimum atomic E-state index is -4.54. The Kier molecular flexibility index (Phi) is 7.04. The van der Waals surface area contributed by atoms with Crippen molar-refractivity contribution in [3.05, 3.63) is 118 Å². The number of Topliss-reactive ketones (excluding diaryl/α,β-unsaturated/α-hetero) is 1. The van der Waals surface area contributed by atoms with Gasteiger partial charge in [-0.15, -0.1) is 0 Å². The third-order valence-electron chi connectivity index (χ3n) is 7.24. The number of rotatable bonds is 5. The predicted octanol–water partition coefficient (Wildman–Crippen LogP) is 6.71. The van der Waals surface area contributed by atoms with E-state index in [1.54, 1.807) is 38.3 Å². The molecule has 0 saturated heterocycles. The zero-order valence-corrected chi connectivity index (χ0v) is 21.4. The number of halogens is 3. The highest BCUT2D eigenvalue weighted by Gasteiger charge is 2.41. The number of ketones is 1. The lowest BCUT2D eigenvalue weighted by Crippen LogP contribution is -2.37. The largest absolute Gasteiger partial charge is 0.497 e. The lowest BCUT2D eigenvalue weighted by atomic mass is 9.71. The highest BCUT2D eigenvalue weighted by molar-refractivity contribution is 6.10. The third-order valence-corrected chi connectivity index (χ3v) is 7.24. The zero-order chi connectivity index (χ0) is 27.7. The van der Waals surface area contributed by atoms with E-state index in [1.807, 2.05) is 30.3 Å². The van der Waals surface area contributed by atoms with Crippen molar-refractivity contribution in [1.29, 1.82) is 0 Å². The maximum Gasteiger partial charge on any atom is 0.416 e. The second-order valence-electron chi connectivity index (χ2n) is 9.73. The van der Waals surface area contributed by atoms with E-state index in [9.17, 15) is 22.8 Å². The molecule has 39 heavy (non-hydrogen) atoms. The smallest absolute Gasteiger partial charge is 0.416 e. The fraction of sp³-hybridized carbons (Fsp3) is 0.226. The normalized spacial score (nSPS) is 19.4. The van der Waals surface area contributed by atoms with Gasteiger partial charge in [-0.05, 0) is 60.7 Å². The average molecular weight is 533 g/mol. The molecule has 0 fully saturated rings. The summed E-state index contributed by atoms with van der Waals surface area (Å²) in [7, 11) is 1.55. The van der Waals surface area contributed by atoms with Crippen molar-refractivity contribution in [3.63, 3.8) is 0 Å². The first-order valence-corrected chi connectivity index (χ1v) is 12.6. The molecule has 5 nitrogen and oxygen atoms in total. The summed E-state index contributed by atoms with van der Waals surface area (Å²) in [6.45, 7) is 1.75. The Balaban J connectivity index is 1.54. The van der Waals surface area contributed by atoms with Crippen LogP contribution in [-0.2, 0) is 15.8 Å². The second kappa shape index (κ2) is 10.4. The van der Waals surface area contributed by atoms with E-state index in [2.05, 4.69) is 10.6 Å². The summed E-state index contributed by atoms with van der Waals surface area (Å²) in [6, 6.07) is 21.5. The number of alkyl halides is 3. The Hall–Kier alpha value is -4.33. The first-order chi connectivity index (χ1) is 18.7. The molecule has 0 aromatic heterocycles. The number of allylic oxidation sites excluding steroid dienone is 3. The van der Waals surface area contributed by atoms with Gasteiger partial charge in [0.05, 0.1) is 12.7 Å². The van der Waals surface area contributed by atoms with Gasteiger partial charge in [-0.25, -0.2) is 0 Å². The minimum Gasteiger partial charge on any atom is -0.497 e. The summed E-state index contributed by atoms with van der Waals surface area (Å²) in [4.78, 5) is 27.4. The van der Waals surface area contributed by atoms with Gasteiger partial charge < -0.3 is 15.4 Å². The van der Waals surface area contributed by atoms with E-state index in [-0.39, 0.29) is 23.0 Å². The molecule has 2 atom stereocenters. The van der Waals surface area contributed by atoms with Gasteiger partial charge in [-0.3, -0.25) is 9.59 Å². The van der Waals surface area contributed by atoms with Crippen LogP contribution < -0.4 is 15.4 Å². The van der Waals surface area contributed by atoms with Gasteiger partial charge in [0, 0.05) is 40.6 Å². The van der Waals surface area contributed by atoms with Crippen LogP contribution in [0.2, 0.25) is 0 Å². The molecule has 3 aromatic rings. The molecule has 0 saturated carbocycles. The van der Waals surface area contributed by atoms with Crippen LogP contribution in [0.3, 0.4) is 0 Å². The number of amides is 1. The van der Waals surface area contributed by atoms with Crippen molar-refractivity contribution in [2.45, 2.75) is 37.8 Å². The number of anilines is 1. The minimum absolute atomic E-state index is 0.00486. The van der Waals surface area contributed by atoms with Crippen molar-refractivity contribution in [2.75, 3.05) is 12.4 Å². The molecule has 1 aliphatic heterocycles. The van der Waals surface area contributed by atoms with Gasteiger partial charge in [-0.1, -0.05) is 48.5 Å². The van der Waals surface area contributed by atoms with Crippen LogP contribution in [-0.4, -0.2) is 18.8 Å². The number of dihydropyridines is 1. The number of ether oxygens (including phenoxy) is 1. The van der Waals surface area contributed by atoms with Crippen LogP contribution in [0.4, 0.5) is 18.9 Å². The topological polar surface area (TPSA) is 67.4 Å². The lowest BCUT2D eigenvalue weighted by Gasteiger charge is -2.37. The molecule has 200 valence electrons. The molecule has 0 unspecified atom stereocenters. The molecule has 2 aliphatic rings. The maximum atomic E-state index is 13.7. The van der Waals surface area contributed by atoms with E-state index in [4.69, 9.17) is 4.74 Å². The summed E-state index contributed by atoms with van der Waals surface area (Å²) in [5, 5.41) is 5.92. The Morgan fingerprint density at radius 1 is 0.949 bits per heavy atom. The van der Waals surface area contributed by atoms with Crippen LogP contribution in [0, 0.1) is 0 Å². The molecule has 1 amide bonds. The van der Waals surface area contributed by atoms with E-state index in [0.717, 1.165) is 23.4 Å². The molecule has 3 aromatic carbocycles. The van der Waals surface area contributed by atoms with E-state index < -0.39 is 23.6 Å². The van der Waals surface area contributed by atoms with Gasteiger partial charge in [0.2, 0.25) is 0 Å². The first-order valence-electron chi connectivity index (χ1n) is 12.6. The van der Waals surface area contributed by atoms with Crippen LogP contribution >= 0.6 is 0 Å².